The number of nitrogens with zero attached hydrogens (tertiary/aromatic N) is 4. The fraction of sp³-hybridized carbons (Fsp3) is 0.471. The maximum atomic E-state index is 4.45. The van der Waals surface area contributed by atoms with Crippen LogP contribution in [0.15, 0.2) is 30.5 Å². The molecule has 1 fully saturated rings. The summed E-state index contributed by atoms with van der Waals surface area (Å²) in [4.78, 5) is 6.87. The summed E-state index contributed by atoms with van der Waals surface area (Å²) in [6.07, 6.45) is 5.23. The SMILES string of the molecule is CCC(C)Nc1nncc(Nc2ccc(N3CCCC3)cc2)n1. The maximum Gasteiger partial charge on any atom is 0.244 e. The standard InChI is InChI=1S/C17H24N6/c1-3-13(2)19-17-21-16(12-18-22-17)20-14-6-8-15(9-7-14)23-10-4-5-11-23/h6-9,12-13H,3-5,10-11H2,1-2H3,(H2,19,20,21,22). The third-order valence-corrected chi connectivity index (χ3v) is 4.16. The molecule has 3 rings (SSSR count). The van der Waals surface area contributed by atoms with E-state index in [0.29, 0.717) is 17.8 Å². The highest BCUT2D eigenvalue weighted by Crippen LogP contribution is 2.23. The first-order valence-electron chi connectivity index (χ1n) is 8.33. The average molecular weight is 312 g/mol. The van der Waals surface area contributed by atoms with Crippen LogP contribution in [-0.2, 0) is 0 Å². The van der Waals surface area contributed by atoms with Gasteiger partial charge in [0.1, 0.15) is 0 Å². The van der Waals surface area contributed by atoms with E-state index < -0.39 is 0 Å². The summed E-state index contributed by atoms with van der Waals surface area (Å²) in [5.41, 5.74) is 2.29. The smallest absolute Gasteiger partial charge is 0.244 e. The lowest BCUT2D eigenvalue weighted by Gasteiger charge is -2.18. The van der Waals surface area contributed by atoms with Crippen molar-refractivity contribution in [3.8, 4) is 0 Å². The first kappa shape index (κ1) is 15.5. The Balaban J connectivity index is 1.65. The zero-order chi connectivity index (χ0) is 16.1. The van der Waals surface area contributed by atoms with Gasteiger partial charge in [-0.3, -0.25) is 0 Å². The second kappa shape index (κ2) is 7.26. The normalized spacial score (nSPS) is 15.5. The van der Waals surface area contributed by atoms with E-state index in [-0.39, 0.29) is 0 Å². The molecule has 0 saturated carbocycles. The summed E-state index contributed by atoms with van der Waals surface area (Å²) in [5, 5.41) is 14.5. The van der Waals surface area contributed by atoms with Crippen LogP contribution in [0, 0.1) is 0 Å². The number of hydrogen-bond acceptors (Lipinski definition) is 6. The predicted octanol–water partition coefficient (Wildman–Crippen LogP) is 3.43. The van der Waals surface area contributed by atoms with Crippen LogP contribution in [0.3, 0.4) is 0 Å². The third kappa shape index (κ3) is 4.09. The van der Waals surface area contributed by atoms with E-state index in [1.165, 1.54) is 18.5 Å². The molecule has 1 aromatic heterocycles. The van der Waals surface area contributed by atoms with Crippen molar-refractivity contribution >= 4 is 23.1 Å². The molecule has 6 heteroatoms. The van der Waals surface area contributed by atoms with Crippen LogP contribution in [0.4, 0.5) is 23.1 Å². The molecule has 0 radical (unpaired) electrons. The van der Waals surface area contributed by atoms with Crippen LogP contribution in [0.5, 0.6) is 0 Å². The summed E-state index contributed by atoms with van der Waals surface area (Å²) >= 11 is 0. The summed E-state index contributed by atoms with van der Waals surface area (Å²) in [6.45, 7) is 6.54. The van der Waals surface area contributed by atoms with Crippen LogP contribution in [0.2, 0.25) is 0 Å². The van der Waals surface area contributed by atoms with Gasteiger partial charge in [-0.1, -0.05) is 6.92 Å². The lowest BCUT2D eigenvalue weighted by molar-refractivity contribution is 0.746. The van der Waals surface area contributed by atoms with Gasteiger partial charge < -0.3 is 15.5 Å². The van der Waals surface area contributed by atoms with Crippen LogP contribution in [-0.4, -0.2) is 34.3 Å². The van der Waals surface area contributed by atoms with Gasteiger partial charge in [-0.25, -0.2) is 0 Å². The molecule has 2 aromatic rings. The zero-order valence-electron chi connectivity index (χ0n) is 13.8. The highest BCUT2D eigenvalue weighted by molar-refractivity contribution is 5.61. The topological polar surface area (TPSA) is 66.0 Å². The van der Waals surface area contributed by atoms with E-state index in [1.54, 1.807) is 6.20 Å². The lowest BCUT2D eigenvalue weighted by Crippen LogP contribution is -2.17. The van der Waals surface area contributed by atoms with Gasteiger partial charge in [-0.15, -0.1) is 5.10 Å². The lowest BCUT2D eigenvalue weighted by atomic mass is 10.2. The number of benzene rings is 1. The minimum Gasteiger partial charge on any atom is -0.372 e. The molecule has 1 unspecified atom stereocenters. The van der Waals surface area contributed by atoms with Gasteiger partial charge in [0, 0.05) is 30.5 Å². The van der Waals surface area contributed by atoms with Crippen molar-refractivity contribution in [3.63, 3.8) is 0 Å². The first-order chi connectivity index (χ1) is 11.2. The molecule has 122 valence electrons. The van der Waals surface area contributed by atoms with Crippen LogP contribution in [0.1, 0.15) is 33.1 Å². The summed E-state index contributed by atoms with van der Waals surface area (Å²) in [5.74, 6) is 1.25. The Hall–Kier alpha value is -2.37. The Labute approximate surface area is 137 Å². The van der Waals surface area contributed by atoms with Crippen LogP contribution < -0.4 is 15.5 Å². The third-order valence-electron chi connectivity index (χ3n) is 4.16. The van der Waals surface area contributed by atoms with Gasteiger partial charge in [0.15, 0.2) is 5.82 Å². The van der Waals surface area contributed by atoms with Crippen molar-refractivity contribution in [2.45, 2.75) is 39.2 Å². The molecule has 1 aromatic carbocycles. The van der Waals surface area contributed by atoms with E-state index in [0.717, 1.165) is 25.2 Å². The predicted molar refractivity (Wildman–Crippen MR) is 94.4 cm³/mol. The van der Waals surface area contributed by atoms with E-state index in [1.807, 2.05) is 0 Å². The van der Waals surface area contributed by atoms with Crippen molar-refractivity contribution in [2.75, 3.05) is 28.6 Å². The van der Waals surface area contributed by atoms with Crippen molar-refractivity contribution in [1.82, 2.24) is 15.2 Å². The van der Waals surface area contributed by atoms with E-state index >= 15 is 0 Å². The summed E-state index contributed by atoms with van der Waals surface area (Å²) < 4.78 is 0. The fourth-order valence-corrected chi connectivity index (χ4v) is 2.63. The molecule has 6 nitrogen and oxygen atoms in total. The van der Waals surface area contributed by atoms with Gasteiger partial charge in [0.25, 0.3) is 0 Å². The molecular formula is C17H24N6. The number of rotatable bonds is 6. The highest BCUT2D eigenvalue weighted by Gasteiger charge is 2.12. The molecule has 0 bridgehead atoms. The summed E-state index contributed by atoms with van der Waals surface area (Å²) in [7, 11) is 0. The molecule has 1 saturated heterocycles. The Bertz CT molecular complexity index is 621. The highest BCUT2D eigenvalue weighted by atomic mass is 15.3. The van der Waals surface area contributed by atoms with E-state index in [4.69, 9.17) is 0 Å². The quantitative estimate of drug-likeness (QED) is 0.852. The molecule has 1 aliphatic rings. The van der Waals surface area contributed by atoms with Crippen LogP contribution in [0.25, 0.3) is 0 Å². The fourth-order valence-electron chi connectivity index (χ4n) is 2.63. The van der Waals surface area contributed by atoms with Gasteiger partial charge in [0.2, 0.25) is 5.95 Å². The Morgan fingerprint density at radius 3 is 2.61 bits per heavy atom. The second-order valence-corrected chi connectivity index (χ2v) is 5.98. The van der Waals surface area contributed by atoms with Gasteiger partial charge in [-0.05, 0) is 50.5 Å². The average Bonchev–Trinajstić information content (AvgIpc) is 3.10. The summed E-state index contributed by atoms with van der Waals surface area (Å²) in [6, 6.07) is 8.79. The van der Waals surface area contributed by atoms with E-state index in [9.17, 15) is 0 Å². The Kier molecular flexibility index (Phi) is 4.90. The van der Waals surface area contributed by atoms with Crippen molar-refractivity contribution in [2.24, 2.45) is 0 Å². The van der Waals surface area contributed by atoms with Crippen molar-refractivity contribution in [1.29, 1.82) is 0 Å². The zero-order valence-corrected chi connectivity index (χ0v) is 13.8. The second-order valence-electron chi connectivity index (χ2n) is 5.98. The molecule has 2 heterocycles. The van der Waals surface area contributed by atoms with Crippen molar-refractivity contribution < 1.29 is 0 Å². The molecule has 0 aliphatic carbocycles. The Morgan fingerprint density at radius 1 is 1.17 bits per heavy atom. The first-order valence-corrected chi connectivity index (χ1v) is 8.33. The maximum absolute atomic E-state index is 4.45. The molecule has 1 atom stereocenters. The minimum atomic E-state index is 0.326. The Morgan fingerprint density at radius 2 is 1.91 bits per heavy atom. The van der Waals surface area contributed by atoms with E-state index in [2.05, 4.69) is 68.8 Å². The number of aromatic nitrogens is 3. The van der Waals surface area contributed by atoms with Crippen LogP contribution >= 0.6 is 0 Å². The number of anilines is 4. The van der Waals surface area contributed by atoms with Crippen molar-refractivity contribution in [3.05, 3.63) is 30.5 Å². The monoisotopic (exact) mass is 312 g/mol. The van der Waals surface area contributed by atoms with Gasteiger partial charge in [0.05, 0.1) is 6.20 Å². The van der Waals surface area contributed by atoms with Gasteiger partial charge >= 0.3 is 0 Å². The molecular weight excluding hydrogens is 288 g/mol. The molecule has 23 heavy (non-hydrogen) atoms. The molecule has 0 amide bonds. The molecule has 0 spiro atoms. The number of nitrogens with one attached hydrogen (secondary N) is 2. The molecule has 1 aliphatic heterocycles. The largest absolute Gasteiger partial charge is 0.372 e. The minimum absolute atomic E-state index is 0.326. The van der Waals surface area contributed by atoms with Gasteiger partial charge in [-0.2, -0.15) is 10.1 Å². The number of hydrogen-bond donors (Lipinski definition) is 2. The molecule has 2 N–H and O–H groups in total.